The molecule has 2 aromatic rings. The first-order chi connectivity index (χ1) is 13.6. The predicted molar refractivity (Wildman–Crippen MR) is 91.2 cm³/mol. The minimum absolute atomic E-state index is 0.0625. The van der Waals surface area contributed by atoms with Crippen molar-refractivity contribution in [2.24, 2.45) is 0 Å². The molecule has 14 heteroatoms. The number of hydrogen-bond donors (Lipinski definition) is 1. The Morgan fingerprint density at radius 1 is 1.10 bits per heavy atom. The lowest BCUT2D eigenvalue weighted by atomic mass is 9.94. The third kappa shape index (κ3) is 3.52. The van der Waals surface area contributed by atoms with Gasteiger partial charge in [-0.2, -0.15) is 31.6 Å². The second kappa shape index (κ2) is 7.55. The van der Waals surface area contributed by atoms with Crippen LogP contribution in [0.25, 0.3) is 5.69 Å². The van der Waals surface area contributed by atoms with Gasteiger partial charge in [0.25, 0.3) is 0 Å². The number of anilines is 1. The predicted octanol–water partition coefficient (Wildman–Crippen LogP) is 5.31. The minimum atomic E-state index is -6.39. The third-order valence-corrected chi connectivity index (χ3v) is 4.56. The zero-order valence-electron chi connectivity index (χ0n) is 14.4. The van der Waals surface area contributed by atoms with Crippen molar-refractivity contribution in [2.75, 3.05) is 12.8 Å². The quantitative estimate of drug-likeness (QED) is 0.479. The van der Waals surface area contributed by atoms with E-state index >= 15 is 0 Å². The van der Waals surface area contributed by atoms with Crippen LogP contribution in [0.2, 0.25) is 10.0 Å². The number of methoxy groups -OCH3 is 1. The Hall–Kier alpha value is -2.65. The number of alkyl halides is 7. The number of esters is 1. The van der Waals surface area contributed by atoms with E-state index in [9.17, 15) is 35.5 Å². The summed E-state index contributed by atoms with van der Waals surface area (Å²) in [6, 6.07) is 1.75. The number of hydrogen-bond acceptors (Lipinski definition) is 4. The van der Waals surface area contributed by atoms with E-state index in [1.54, 1.807) is 6.07 Å². The molecule has 0 fully saturated rings. The SMILES string of the molecule is COC(=O)c1c(N)c(C#N)cn1-c1c(Cl)cc(C(F)(C(F)(F)F)C(F)(F)F)cc1Cl. The number of rotatable bonds is 3. The summed E-state index contributed by atoms with van der Waals surface area (Å²) >= 11 is 11.6. The van der Waals surface area contributed by atoms with E-state index < -0.39 is 56.7 Å². The molecule has 0 aliphatic heterocycles. The van der Waals surface area contributed by atoms with Crippen LogP contribution >= 0.6 is 23.2 Å². The number of aromatic nitrogens is 1. The average molecular weight is 478 g/mol. The van der Waals surface area contributed by atoms with Crippen molar-refractivity contribution in [3.63, 3.8) is 0 Å². The standard InChI is InChI=1S/C16H8Cl2F7N3O2/c1-30-13(29)12-10(27)6(4-26)5-28(12)11-8(17)2-7(3-9(11)18)14(19,15(20,21)22)16(23,24)25/h2-3,5H,27H2,1H3. The molecule has 2 rings (SSSR count). The number of carbonyl (C=O) groups excluding carboxylic acids is 1. The van der Waals surface area contributed by atoms with Crippen molar-refractivity contribution in [1.29, 1.82) is 5.26 Å². The fraction of sp³-hybridized carbons (Fsp3) is 0.250. The molecular weight excluding hydrogens is 470 g/mol. The van der Waals surface area contributed by atoms with Crippen LogP contribution < -0.4 is 5.73 Å². The summed E-state index contributed by atoms with van der Waals surface area (Å²) < 4.78 is 97.5. The van der Waals surface area contributed by atoms with E-state index in [1.807, 2.05) is 0 Å². The first-order valence-electron chi connectivity index (χ1n) is 7.43. The number of nitriles is 1. The summed E-state index contributed by atoms with van der Waals surface area (Å²) in [6.07, 6.45) is -11.9. The summed E-state index contributed by atoms with van der Waals surface area (Å²) in [5.74, 6) is -1.12. The lowest BCUT2D eigenvalue weighted by molar-refractivity contribution is -0.348. The number of nitrogens with two attached hydrogens (primary N) is 1. The highest BCUT2D eigenvalue weighted by Crippen LogP contribution is 2.54. The van der Waals surface area contributed by atoms with E-state index in [0.717, 1.165) is 17.9 Å². The van der Waals surface area contributed by atoms with Crippen molar-refractivity contribution in [2.45, 2.75) is 18.0 Å². The van der Waals surface area contributed by atoms with Crippen LogP contribution in [0.3, 0.4) is 0 Å². The van der Waals surface area contributed by atoms with Crippen molar-refractivity contribution in [3.05, 3.63) is 45.2 Å². The van der Waals surface area contributed by atoms with Gasteiger partial charge in [-0.1, -0.05) is 23.2 Å². The van der Waals surface area contributed by atoms with Gasteiger partial charge in [0, 0.05) is 11.8 Å². The van der Waals surface area contributed by atoms with Gasteiger partial charge < -0.3 is 15.0 Å². The highest BCUT2D eigenvalue weighted by molar-refractivity contribution is 6.38. The number of carbonyl (C=O) groups is 1. The second-order valence-electron chi connectivity index (χ2n) is 5.72. The molecule has 0 radical (unpaired) electrons. The van der Waals surface area contributed by atoms with Crippen LogP contribution in [-0.4, -0.2) is 30.0 Å². The summed E-state index contributed by atoms with van der Waals surface area (Å²) in [6.45, 7) is 0. The molecule has 0 saturated carbocycles. The van der Waals surface area contributed by atoms with Gasteiger partial charge in [-0.05, 0) is 12.1 Å². The highest BCUT2D eigenvalue weighted by atomic mass is 35.5. The highest BCUT2D eigenvalue weighted by Gasteiger charge is 2.73. The summed E-state index contributed by atoms with van der Waals surface area (Å²) in [4.78, 5) is 12.0. The summed E-state index contributed by atoms with van der Waals surface area (Å²) in [5.41, 5.74) is -3.80. The van der Waals surface area contributed by atoms with Crippen LogP contribution in [0.4, 0.5) is 36.4 Å². The van der Waals surface area contributed by atoms with Crippen LogP contribution in [-0.2, 0) is 10.4 Å². The van der Waals surface area contributed by atoms with Crippen LogP contribution in [0, 0.1) is 11.3 Å². The zero-order valence-corrected chi connectivity index (χ0v) is 15.9. The fourth-order valence-electron chi connectivity index (χ4n) is 2.57. The van der Waals surface area contributed by atoms with Gasteiger partial charge in [0.05, 0.1) is 34.1 Å². The van der Waals surface area contributed by atoms with Crippen LogP contribution in [0.5, 0.6) is 0 Å². The topological polar surface area (TPSA) is 81.0 Å². The van der Waals surface area contributed by atoms with Gasteiger partial charge in [0.1, 0.15) is 6.07 Å². The molecule has 5 nitrogen and oxygen atoms in total. The molecule has 0 atom stereocenters. The molecule has 0 aliphatic rings. The molecule has 30 heavy (non-hydrogen) atoms. The molecule has 1 aromatic carbocycles. The number of benzene rings is 1. The van der Waals surface area contributed by atoms with Crippen LogP contribution in [0.15, 0.2) is 18.3 Å². The smallest absolute Gasteiger partial charge is 0.435 e. The van der Waals surface area contributed by atoms with Crippen molar-refractivity contribution < 1.29 is 40.3 Å². The van der Waals surface area contributed by atoms with Gasteiger partial charge in [-0.25, -0.2) is 9.18 Å². The molecule has 0 spiro atoms. The second-order valence-corrected chi connectivity index (χ2v) is 6.54. The Bertz CT molecular complexity index is 1020. The van der Waals surface area contributed by atoms with Gasteiger partial charge in [0.15, 0.2) is 5.69 Å². The lowest BCUT2D eigenvalue weighted by Gasteiger charge is -2.31. The number of halogens is 9. The largest absolute Gasteiger partial charge is 0.464 e. The maximum Gasteiger partial charge on any atom is 0.435 e. The summed E-state index contributed by atoms with van der Waals surface area (Å²) in [5, 5.41) is 7.28. The lowest BCUT2D eigenvalue weighted by Crippen LogP contribution is -2.50. The Kier molecular flexibility index (Phi) is 5.95. The maximum atomic E-state index is 14.3. The Morgan fingerprint density at radius 2 is 1.57 bits per heavy atom. The molecule has 0 aliphatic carbocycles. The first kappa shape index (κ1) is 23.6. The van der Waals surface area contributed by atoms with E-state index in [2.05, 4.69) is 4.74 Å². The number of nitrogens with zero attached hydrogens (tertiary/aromatic N) is 2. The van der Waals surface area contributed by atoms with Gasteiger partial charge >= 0.3 is 24.0 Å². The first-order valence-corrected chi connectivity index (χ1v) is 8.18. The van der Waals surface area contributed by atoms with E-state index in [4.69, 9.17) is 34.2 Å². The molecule has 0 saturated heterocycles. The average Bonchev–Trinajstić information content (AvgIpc) is 2.93. The fourth-order valence-corrected chi connectivity index (χ4v) is 3.24. The molecule has 1 heterocycles. The maximum absolute atomic E-state index is 14.3. The third-order valence-electron chi connectivity index (χ3n) is 3.98. The number of nitrogen functional groups attached to an aromatic ring is 1. The van der Waals surface area contributed by atoms with Crippen LogP contribution in [0.1, 0.15) is 21.6 Å². The Balaban J connectivity index is 2.85. The minimum Gasteiger partial charge on any atom is -0.464 e. The zero-order chi connectivity index (χ0) is 23.2. The van der Waals surface area contributed by atoms with Crippen molar-refractivity contribution in [1.82, 2.24) is 4.57 Å². The van der Waals surface area contributed by atoms with Gasteiger partial charge in [0.2, 0.25) is 0 Å². The van der Waals surface area contributed by atoms with Crippen molar-refractivity contribution >= 4 is 34.9 Å². The molecule has 0 unspecified atom stereocenters. The molecule has 0 bridgehead atoms. The van der Waals surface area contributed by atoms with E-state index in [-0.39, 0.29) is 17.7 Å². The van der Waals surface area contributed by atoms with Gasteiger partial charge in [-0.15, -0.1) is 0 Å². The molecule has 0 amide bonds. The van der Waals surface area contributed by atoms with Gasteiger partial charge in [-0.3, -0.25) is 0 Å². The molecule has 1 aromatic heterocycles. The van der Waals surface area contributed by atoms with E-state index in [1.165, 1.54) is 0 Å². The Labute approximate surface area is 173 Å². The van der Waals surface area contributed by atoms with E-state index in [0.29, 0.717) is 0 Å². The number of ether oxygens (including phenoxy) is 1. The summed E-state index contributed by atoms with van der Waals surface area (Å²) in [7, 11) is 0.946. The molecule has 162 valence electrons. The Morgan fingerprint density at radius 3 is 1.93 bits per heavy atom. The molecular formula is C16H8Cl2F7N3O2. The molecule has 2 N–H and O–H groups in total. The monoisotopic (exact) mass is 477 g/mol. The normalized spacial score (nSPS) is 12.6. The van der Waals surface area contributed by atoms with Crippen molar-refractivity contribution in [3.8, 4) is 11.8 Å².